The summed E-state index contributed by atoms with van der Waals surface area (Å²) in [6.07, 6.45) is 1.35. The van der Waals surface area contributed by atoms with Crippen LogP contribution in [-0.2, 0) is 4.79 Å². The Hall–Kier alpha value is -2.74. The van der Waals surface area contributed by atoms with Gasteiger partial charge in [-0.2, -0.15) is 8.78 Å². The number of nitrogens with one attached hydrogen (secondary N) is 1. The number of carbonyl (C=O) groups excluding carboxylic acids is 1. The number of amides is 1. The second kappa shape index (κ2) is 7.19. The second-order valence-corrected chi connectivity index (χ2v) is 8.03. The monoisotopic (exact) mass is 417 g/mol. The molecule has 3 aliphatic heterocycles. The van der Waals surface area contributed by atoms with Crippen LogP contribution in [0.15, 0.2) is 42.5 Å². The van der Waals surface area contributed by atoms with Gasteiger partial charge in [-0.25, -0.2) is 4.39 Å². The van der Waals surface area contributed by atoms with Gasteiger partial charge in [-0.05, 0) is 48.7 Å². The maximum absolute atomic E-state index is 14.7. The summed E-state index contributed by atoms with van der Waals surface area (Å²) in [5.74, 6) is -0.995. The van der Waals surface area contributed by atoms with Crippen molar-refractivity contribution in [2.45, 2.75) is 30.8 Å². The molecule has 1 saturated heterocycles. The molecule has 2 atom stereocenters. The van der Waals surface area contributed by atoms with E-state index in [4.69, 9.17) is 4.74 Å². The first-order valence-electron chi connectivity index (χ1n) is 10.2. The van der Waals surface area contributed by atoms with Crippen LogP contribution >= 0.6 is 0 Å². The molecule has 3 heterocycles. The Balaban J connectivity index is 1.25. The van der Waals surface area contributed by atoms with E-state index in [9.17, 15) is 18.0 Å². The highest BCUT2D eigenvalue weighted by Crippen LogP contribution is 2.54. The number of anilines is 2. The number of benzene rings is 2. The largest absolute Gasteiger partial charge is 0.494 e. The van der Waals surface area contributed by atoms with Gasteiger partial charge < -0.3 is 15.0 Å². The summed E-state index contributed by atoms with van der Waals surface area (Å²) < 4.78 is 48.1. The minimum atomic E-state index is -3.53. The summed E-state index contributed by atoms with van der Waals surface area (Å²) in [5.41, 5.74) is 1.82. The molecule has 1 fully saturated rings. The fourth-order valence-electron chi connectivity index (χ4n) is 4.89. The summed E-state index contributed by atoms with van der Waals surface area (Å²) in [6, 6.07) is 7.39. The van der Waals surface area contributed by atoms with Crippen molar-refractivity contribution >= 4 is 17.3 Å². The van der Waals surface area contributed by atoms with E-state index in [1.54, 1.807) is 18.2 Å². The van der Waals surface area contributed by atoms with Gasteiger partial charge in [-0.1, -0.05) is 12.1 Å². The van der Waals surface area contributed by atoms with E-state index in [0.717, 1.165) is 23.4 Å². The number of nitrogens with zero attached hydrogens (tertiary/aromatic N) is 2. The highest BCUT2D eigenvalue weighted by molar-refractivity contribution is 6.06. The predicted molar refractivity (Wildman–Crippen MR) is 107 cm³/mol. The van der Waals surface area contributed by atoms with E-state index in [-0.39, 0.29) is 17.8 Å². The molecule has 0 bridgehead atoms. The molecule has 30 heavy (non-hydrogen) atoms. The lowest BCUT2D eigenvalue weighted by Crippen LogP contribution is -2.59. The van der Waals surface area contributed by atoms with E-state index >= 15 is 0 Å². The van der Waals surface area contributed by atoms with E-state index in [1.807, 2.05) is 12.1 Å². The van der Waals surface area contributed by atoms with E-state index in [1.165, 1.54) is 12.1 Å². The van der Waals surface area contributed by atoms with Crippen LogP contribution in [0.2, 0.25) is 0 Å². The Morgan fingerprint density at radius 3 is 2.77 bits per heavy atom. The van der Waals surface area contributed by atoms with Gasteiger partial charge in [0.15, 0.2) is 0 Å². The standard InChI is InChI=1S/C22H22F3N3O2/c23-14-5-7-15(8-6-14)30-12-2-10-27-11-9-19-17(13-27)16-3-1-4-18-20(16)28(19)22(24,25)21(29)26-18/h1,3-8,17,19H,2,9-13H2,(H,26,29)/t17-,19-/m0/s1. The third-order valence-electron chi connectivity index (χ3n) is 6.22. The third-order valence-corrected chi connectivity index (χ3v) is 6.22. The molecule has 0 radical (unpaired) electrons. The molecule has 0 unspecified atom stereocenters. The number of para-hydroxylation sites is 1. The van der Waals surface area contributed by atoms with Crippen molar-refractivity contribution in [3.8, 4) is 5.75 Å². The van der Waals surface area contributed by atoms with Gasteiger partial charge in [0, 0.05) is 31.6 Å². The Bertz CT molecular complexity index is 967. The van der Waals surface area contributed by atoms with Crippen LogP contribution in [0.1, 0.15) is 24.3 Å². The van der Waals surface area contributed by atoms with Gasteiger partial charge in [-0.15, -0.1) is 0 Å². The molecule has 2 aromatic rings. The number of hydrogen-bond acceptors (Lipinski definition) is 4. The first kappa shape index (κ1) is 19.2. The van der Waals surface area contributed by atoms with Gasteiger partial charge in [-0.3, -0.25) is 9.69 Å². The Morgan fingerprint density at radius 1 is 1.17 bits per heavy atom. The Morgan fingerprint density at radius 2 is 1.97 bits per heavy atom. The van der Waals surface area contributed by atoms with Crippen molar-refractivity contribution in [2.24, 2.45) is 0 Å². The molecule has 3 aliphatic rings. The second-order valence-electron chi connectivity index (χ2n) is 8.03. The van der Waals surface area contributed by atoms with Crippen LogP contribution in [0.4, 0.5) is 24.5 Å². The maximum atomic E-state index is 14.7. The molecule has 0 aliphatic carbocycles. The van der Waals surface area contributed by atoms with Crippen LogP contribution in [0.3, 0.4) is 0 Å². The highest BCUT2D eigenvalue weighted by atomic mass is 19.3. The fourth-order valence-corrected chi connectivity index (χ4v) is 4.89. The summed E-state index contributed by atoms with van der Waals surface area (Å²) in [6.45, 7) is 2.64. The molecule has 2 aromatic carbocycles. The zero-order chi connectivity index (χ0) is 20.9. The van der Waals surface area contributed by atoms with E-state index in [0.29, 0.717) is 43.2 Å². The average molecular weight is 417 g/mol. The first-order chi connectivity index (χ1) is 14.4. The minimum absolute atomic E-state index is 0.0645. The fraction of sp³-hybridized carbons (Fsp3) is 0.409. The van der Waals surface area contributed by atoms with Gasteiger partial charge >= 0.3 is 12.0 Å². The van der Waals surface area contributed by atoms with Crippen molar-refractivity contribution in [2.75, 3.05) is 36.5 Å². The zero-order valence-electron chi connectivity index (χ0n) is 16.3. The van der Waals surface area contributed by atoms with Gasteiger partial charge in [0.1, 0.15) is 11.6 Å². The smallest absolute Gasteiger partial charge is 0.405 e. The van der Waals surface area contributed by atoms with Crippen LogP contribution in [-0.4, -0.2) is 49.1 Å². The van der Waals surface area contributed by atoms with Crippen LogP contribution in [0.25, 0.3) is 0 Å². The lowest BCUT2D eigenvalue weighted by atomic mass is 9.89. The maximum Gasteiger partial charge on any atom is 0.405 e. The molecular weight excluding hydrogens is 395 g/mol. The molecule has 5 nitrogen and oxygen atoms in total. The number of carbonyl (C=O) groups is 1. The van der Waals surface area contributed by atoms with Crippen molar-refractivity contribution in [3.05, 3.63) is 53.8 Å². The van der Waals surface area contributed by atoms with Gasteiger partial charge in [0.25, 0.3) is 0 Å². The predicted octanol–water partition coefficient (Wildman–Crippen LogP) is 3.82. The van der Waals surface area contributed by atoms with Gasteiger partial charge in [0.05, 0.1) is 18.0 Å². The number of alkyl halides is 2. The molecule has 0 saturated carbocycles. The summed E-state index contributed by atoms with van der Waals surface area (Å²) >= 11 is 0. The summed E-state index contributed by atoms with van der Waals surface area (Å²) in [4.78, 5) is 15.3. The number of likely N-dealkylation sites (tertiary alicyclic amines) is 1. The van der Waals surface area contributed by atoms with Crippen molar-refractivity contribution in [1.82, 2.24) is 4.90 Å². The van der Waals surface area contributed by atoms with Crippen molar-refractivity contribution in [3.63, 3.8) is 0 Å². The molecule has 0 aromatic heterocycles. The first-order valence-corrected chi connectivity index (χ1v) is 10.2. The number of ether oxygens (including phenoxy) is 1. The SMILES string of the molecule is O=C1Nc2cccc3c2N([C@H]2CCN(CCCOc4ccc(F)cc4)C[C@@H]32)C1(F)F. The van der Waals surface area contributed by atoms with E-state index in [2.05, 4.69) is 10.2 Å². The van der Waals surface area contributed by atoms with Crippen LogP contribution in [0, 0.1) is 5.82 Å². The summed E-state index contributed by atoms with van der Waals surface area (Å²) in [5, 5.41) is 2.36. The molecule has 0 spiro atoms. The molecule has 8 heteroatoms. The number of halogens is 3. The van der Waals surface area contributed by atoms with Gasteiger partial charge in [0.2, 0.25) is 0 Å². The van der Waals surface area contributed by atoms with Crippen LogP contribution in [0.5, 0.6) is 5.75 Å². The lowest BCUT2D eigenvalue weighted by Gasteiger charge is -2.42. The Labute approximate surface area is 172 Å². The normalized spacial score (nSPS) is 24.2. The zero-order valence-corrected chi connectivity index (χ0v) is 16.3. The number of fused-ring (bicyclic) bond motifs is 3. The minimum Gasteiger partial charge on any atom is -0.494 e. The molecule has 158 valence electrons. The lowest BCUT2D eigenvalue weighted by molar-refractivity contribution is -0.141. The Kier molecular flexibility index (Phi) is 4.61. The summed E-state index contributed by atoms with van der Waals surface area (Å²) in [7, 11) is 0. The van der Waals surface area contributed by atoms with Crippen molar-refractivity contribution < 1.29 is 22.7 Å². The quantitative estimate of drug-likeness (QED) is 0.594. The molecule has 1 amide bonds. The third kappa shape index (κ3) is 3.10. The number of hydrogen-bond donors (Lipinski definition) is 1. The molecule has 1 N–H and O–H groups in total. The number of piperidine rings is 1. The number of rotatable bonds is 5. The molecular formula is C22H22F3N3O2. The van der Waals surface area contributed by atoms with E-state index < -0.39 is 12.0 Å². The molecule has 5 rings (SSSR count). The van der Waals surface area contributed by atoms with Crippen molar-refractivity contribution in [1.29, 1.82) is 0 Å². The average Bonchev–Trinajstić information content (AvgIpc) is 3.07. The topological polar surface area (TPSA) is 44.8 Å². The highest BCUT2D eigenvalue weighted by Gasteiger charge is 2.58. The van der Waals surface area contributed by atoms with Crippen LogP contribution < -0.4 is 15.0 Å².